The Kier molecular flexibility index (Phi) is 4.29. The highest BCUT2D eigenvalue weighted by Gasteiger charge is 2.36. The molecule has 92 valence electrons. The van der Waals surface area contributed by atoms with Crippen LogP contribution in [-0.2, 0) is 9.59 Å². The van der Waals surface area contributed by atoms with Gasteiger partial charge in [-0.3, -0.25) is 14.5 Å². The summed E-state index contributed by atoms with van der Waals surface area (Å²) in [6, 6.07) is -0.0177. The third-order valence-corrected chi connectivity index (χ3v) is 2.64. The summed E-state index contributed by atoms with van der Waals surface area (Å²) in [5, 5.41) is 11.6. The molecule has 16 heavy (non-hydrogen) atoms. The van der Waals surface area contributed by atoms with Gasteiger partial charge in [0.2, 0.25) is 5.91 Å². The molecule has 1 amide bonds. The molecule has 0 aromatic heterocycles. The normalized spacial score (nSPS) is 17.6. The topological polar surface area (TPSA) is 69.6 Å². The van der Waals surface area contributed by atoms with Crippen molar-refractivity contribution >= 4 is 11.9 Å². The smallest absolute Gasteiger partial charge is 0.317 e. The number of carbonyl (C=O) groups excluding carboxylic acids is 1. The lowest BCUT2D eigenvalue weighted by Crippen LogP contribution is -2.49. The molecule has 0 spiro atoms. The van der Waals surface area contributed by atoms with Crippen LogP contribution in [0.25, 0.3) is 0 Å². The van der Waals surface area contributed by atoms with Crippen molar-refractivity contribution in [3.8, 4) is 0 Å². The molecular formula is C11H20N2O3. The summed E-state index contributed by atoms with van der Waals surface area (Å²) < 4.78 is 0. The van der Waals surface area contributed by atoms with Crippen molar-refractivity contribution in [2.75, 3.05) is 6.54 Å². The van der Waals surface area contributed by atoms with E-state index >= 15 is 0 Å². The first-order valence-electron chi connectivity index (χ1n) is 5.69. The average molecular weight is 228 g/mol. The number of hydrogen-bond acceptors (Lipinski definition) is 3. The summed E-state index contributed by atoms with van der Waals surface area (Å²) in [5.74, 6) is -0.973. The van der Waals surface area contributed by atoms with E-state index < -0.39 is 5.97 Å². The van der Waals surface area contributed by atoms with Gasteiger partial charge in [-0.05, 0) is 33.6 Å². The highest BCUT2D eigenvalue weighted by atomic mass is 16.4. The zero-order valence-corrected chi connectivity index (χ0v) is 10.1. The Morgan fingerprint density at radius 2 is 1.94 bits per heavy atom. The van der Waals surface area contributed by atoms with Crippen LogP contribution in [-0.4, -0.2) is 46.6 Å². The van der Waals surface area contributed by atoms with Crippen LogP contribution in [0, 0.1) is 0 Å². The number of amides is 1. The van der Waals surface area contributed by atoms with Gasteiger partial charge in [0.15, 0.2) is 0 Å². The number of aliphatic carboxylic acids is 1. The van der Waals surface area contributed by atoms with E-state index in [0.717, 1.165) is 12.8 Å². The minimum Gasteiger partial charge on any atom is -0.480 e. The van der Waals surface area contributed by atoms with E-state index in [9.17, 15) is 9.59 Å². The van der Waals surface area contributed by atoms with Crippen LogP contribution in [0.3, 0.4) is 0 Å². The van der Waals surface area contributed by atoms with Gasteiger partial charge < -0.3 is 10.4 Å². The molecule has 0 radical (unpaired) electrons. The molecular weight excluding hydrogens is 208 g/mol. The lowest BCUT2D eigenvalue weighted by Gasteiger charge is -2.27. The Balaban J connectivity index is 2.55. The van der Waals surface area contributed by atoms with Crippen molar-refractivity contribution in [3.63, 3.8) is 0 Å². The van der Waals surface area contributed by atoms with Crippen molar-refractivity contribution < 1.29 is 14.7 Å². The molecule has 5 heteroatoms. The van der Waals surface area contributed by atoms with Crippen LogP contribution in [0.15, 0.2) is 0 Å². The molecule has 1 rings (SSSR count). The molecule has 1 atom stereocenters. The molecule has 0 bridgehead atoms. The second-order valence-corrected chi connectivity index (χ2v) is 4.64. The van der Waals surface area contributed by atoms with Crippen LogP contribution in [0.2, 0.25) is 0 Å². The highest BCUT2D eigenvalue weighted by Crippen LogP contribution is 2.28. The van der Waals surface area contributed by atoms with Crippen molar-refractivity contribution in [1.82, 2.24) is 10.2 Å². The number of nitrogens with zero attached hydrogens (tertiary/aromatic N) is 1. The number of nitrogens with one attached hydrogen (secondary N) is 1. The molecule has 0 saturated heterocycles. The SMILES string of the molecule is CC(C)NC(=O)C(C)N(CC(=O)O)C1CC1. The monoisotopic (exact) mass is 228 g/mol. The number of rotatable bonds is 6. The number of carboxylic acids is 1. The lowest BCUT2D eigenvalue weighted by molar-refractivity contribution is -0.140. The fourth-order valence-corrected chi connectivity index (χ4v) is 1.70. The van der Waals surface area contributed by atoms with Crippen molar-refractivity contribution in [3.05, 3.63) is 0 Å². The van der Waals surface area contributed by atoms with E-state index in [1.807, 2.05) is 13.8 Å². The first-order chi connectivity index (χ1) is 7.41. The molecule has 0 aromatic rings. The third-order valence-electron chi connectivity index (χ3n) is 2.64. The molecule has 1 saturated carbocycles. The lowest BCUT2D eigenvalue weighted by atomic mass is 10.2. The van der Waals surface area contributed by atoms with Gasteiger partial charge in [-0.15, -0.1) is 0 Å². The minimum atomic E-state index is -0.879. The zero-order chi connectivity index (χ0) is 12.3. The first kappa shape index (κ1) is 13.0. The largest absolute Gasteiger partial charge is 0.480 e. The van der Waals surface area contributed by atoms with Gasteiger partial charge in [0.25, 0.3) is 0 Å². The molecule has 0 heterocycles. The average Bonchev–Trinajstić information content (AvgIpc) is 2.94. The Bertz CT molecular complexity index is 274. The maximum Gasteiger partial charge on any atom is 0.317 e. The van der Waals surface area contributed by atoms with Crippen molar-refractivity contribution in [1.29, 1.82) is 0 Å². The summed E-state index contributed by atoms with van der Waals surface area (Å²) in [6.45, 7) is 5.49. The Labute approximate surface area is 95.8 Å². The quantitative estimate of drug-likeness (QED) is 0.692. The molecule has 0 aliphatic heterocycles. The van der Waals surface area contributed by atoms with E-state index in [4.69, 9.17) is 5.11 Å². The number of carbonyl (C=O) groups is 2. The molecule has 1 aliphatic carbocycles. The standard InChI is InChI=1S/C11H20N2O3/c1-7(2)12-11(16)8(3)13(6-10(14)15)9-4-5-9/h7-9H,4-6H2,1-3H3,(H,12,16)(H,14,15). The van der Waals surface area contributed by atoms with E-state index in [2.05, 4.69) is 5.32 Å². The molecule has 0 aromatic carbocycles. The molecule has 2 N–H and O–H groups in total. The predicted octanol–water partition coefficient (Wildman–Crippen LogP) is 0.449. The van der Waals surface area contributed by atoms with Crippen LogP contribution < -0.4 is 5.32 Å². The third kappa shape index (κ3) is 3.81. The predicted molar refractivity (Wildman–Crippen MR) is 60.1 cm³/mol. The summed E-state index contributed by atoms with van der Waals surface area (Å²) in [6.07, 6.45) is 1.99. The summed E-state index contributed by atoms with van der Waals surface area (Å²) >= 11 is 0. The van der Waals surface area contributed by atoms with Crippen LogP contribution in [0.4, 0.5) is 0 Å². The summed E-state index contributed by atoms with van der Waals surface area (Å²) in [5.41, 5.74) is 0. The number of carboxylic acid groups (broad SMARTS) is 1. The summed E-state index contributed by atoms with van der Waals surface area (Å²) in [4.78, 5) is 24.2. The fraction of sp³-hybridized carbons (Fsp3) is 0.818. The maximum atomic E-state index is 11.8. The zero-order valence-electron chi connectivity index (χ0n) is 10.1. The van der Waals surface area contributed by atoms with E-state index in [0.29, 0.717) is 0 Å². The van der Waals surface area contributed by atoms with Gasteiger partial charge in [0.05, 0.1) is 12.6 Å². The van der Waals surface area contributed by atoms with Gasteiger partial charge >= 0.3 is 5.97 Å². The fourth-order valence-electron chi connectivity index (χ4n) is 1.70. The number of hydrogen-bond donors (Lipinski definition) is 2. The van der Waals surface area contributed by atoms with Crippen LogP contribution in [0.5, 0.6) is 0 Å². The van der Waals surface area contributed by atoms with E-state index in [1.165, 1.54) is 0 Å². The first-order valence-corrected chi connectivity index (χ1v) is 5.69. The molecule has 5 nitrogen and oxygen atoms in total. The molecule has 1 aliphatic rings. The van der Waals surface area contributed by atoms with Crippen LogP contribution >= 0.6 is 0 Å². The van der Waals surface area contributed by atoms with Gasteiger partial charge in [-0.2, -0.15) is 0 Å². The second-order valence-electron chi connectivity index (χ2n) is 4.64. The molecule has 1 unspecified atom stereocenters. The van der Waals surface area contributed by atoms with E-state index in [1.54, 1.807) is 11.8 Å². The highest BCUT2D eigenvalue weighted by molar-refractivity contribution is 5.82. The Morgan fingerprint density at radius 3 is 2.31 bits per heavy atom. The van der Waals surface area contributed by atoms with Crippen molar-refractivity contribution in [2.24, 2.45) is 0 Å². The Morgan fingerprint density at radius 1 is 1.38 bits per heavy atom. The van der Waals surface area contributed by atoms with Gasteiger partial charge in [0.1, 0.15) is 0 Å². The minimum absolute atomic E-state index is 0.0582. The van der Waals surface area contributed by atoms with Gasteiger partial charge in [-0.25, -0.2) is 0 Å². The second kappa shape index (κ2) is 5.30. The maximum absolute atomic E-state index is 11.8. The molecule has 1 fully saturated rings. The van der Waals surface area contributed by atoms with E-state index in [-0.39, 0.29) is 30.6 Å². The van der Waals surface area contributed by atoms with Crippen molar-refractivity contribution in [2.45, 2.75) is 51.7 Å². The Hall–Kier alpha value is -1.10. The van der Waals surface area contributed by atoms with Crippen LogP contribution in [0.1, 0.15) is 33.6 Å². The van der Waals surface area contributed by atoms with Gasteiger partial charge in [0, 0.05) is 12.1 Å². The van der Waals surface area contributed by atoms with Gasteiger partial charge in [-0.1, -0.05) is 0 Å². The summed E-state index contributed by atoms with van der Waals surface area (Å²) in [7, 11) is 0.